The number of likely N-dealkylation sites (tertiary alicyclic amines) is 1. The molecule has 5 nitrogen and oxygen atoms in total. The molecule has 1 fully saturated rings. The van der Waals surface area contributed by atoms with Crippen molar-refractivity contribution in [3.05, 3.63) is 70.8 Å². The molecular weight excluding hydrogens is 369 g/mol. The second kappa shape index (κ2) is 7.48. The van der Waals surface area contributed by atoms with Gasteiger partial charge in [-0.3, -0.25) is 4.79 Å². The number of carbonyl (C=O) groups excluding carboxylic acids is 1. The predicted octanol–water partition coefficient (Wildman–Crippen LogP) is 4.55. The van der Waals surface area contributed by atoms with Crippen LogP contribution in [0, 0.1) is 5.82 Å². The molecule has 0 spiro atoms. The summed E-state index contributed by atoms with van der Waals surface area (Å²) >= 11 is 6.01. The van der Waals surface area contributed by atoms with Gasteiger partial charge in [0.05, 0.1) is 11.5 Å². The van der Waals surface area contributed by atoms with Crippen molar-refractivity contribution in [2.75, 3.05) is 13.1 Å². The Morgan fingerprint density at radius 1 is 1.22 bits per heavy atom. The van der Waals surface area contributed by atoms with E-state index in [0.717, 1.165) is 18.4 Å². The topological polar surface area (TPSA) is 59.2 Å². The monoisotopic (exact) mass is 385 g/mol. The van der Waals surface area contributed by atoms with E-state index in [1.165, 1.54) is 12.1 Å². The second-order valence-electron chi connectivity index (χ2n) is 6.54. The van der Waals surface area contributed by atoms with Gasteiger partial charge in [-0.2, -0.15) is 4.98 Å². The first-order valence-corrected chi connectivity index (χ1v) is 9.13. The fourth-order valence-electron chi connectivity index (χ4n) is 3.31. The molecule has 1 amide bonds. The number of carbonyl (C=O) groups is 1. The summed E-state index contributed by atoms with van der Waals surface area (Å²) in [5.74, 6) is 0.0500. The van der Waals surface area contributed by atoms with Crippen LogP contribution in [0.2, 0.25) is 5.02 Å². The van der Waals surface area contributed by atoms with Gasteiger partial charge >= 0.3 is 0 Å². The van der Waals surface area contributed by atoms with E-state index in [2.05, 4.69) is 10.1 Å². The van der Waals surface area contributed by atoms with Crippen molar-refractivity contribution in [3.8, 4) is 11.4 Å². The Kier molecular flexibility index (Phi) is 4.90. The van der Waals surface area contributed by atoms with E-state index in [4.69, 9.17) is 16.1 Å². The van der Waals surface area contributed by atoms with Crippen LogP contribution in [0.5, 0.6) is 0 Å². The lowest BCUT2D eigenvalue weighted by molar-refractivity contribution is 0.0691. The predicted molar refractivity (Wildman–Crippen MR) is 99.0 cm³/mol. The summed E-state index contributed by atoms with van der Waals surface area (Å²) in [6.07, 6.45) is 1.62. The summed E-state index contributed by atoms with van der Waals surface area (Å²) in [5.41, 5.74) is 0.857. The Balaban J connectivity index is 1.52. The SMILES string of the molecule is O=C(c1ccccc1F)N1CCCC(c2nc(-c3cccc(Cl)c3)no2)C1. The van der Waals surface area contributed by atoms with Crippen LogP contribution in [0.15, 0.2) is 53.1 Å². The highest BCUT2D eigenvalue weighted by Crippen LogP contribution is 2.29. The molecule has 0 aliphatic carbocycles. The first-order valence-electron chi connectivity index (χ1n) is 8.75. The highest BCUT2D eigenvalue weighted by molar-refractivity contribution is 6.30. The number of amides is 1. The van der Waals surface area contributed by atoms with Gasteiger partial charge in [-0.15, -0.1) is 0 Å². The number of nitrogens with zero attached hydrogens (tertiary/aromatic N) is 3. The lowest BCUT2D eigenvalue weighted by Gasteiger charge is -2.31. The van der Waals surface area contributed by atoms with Gasteiger partial charge in [0.1, 0.15) is 5.82 Å². The Bertz CT molecular complexity index is 975. The Morgan fingerprint density at radius 2 is 2.07 bits per heavy atom. The number of aromatic nitrogens is 2. The molecule has 27 heavy (non-hydrogen) atoms. The molecule has 1 unspecified atom stereocenters. The van der Waals surface area contributed by atoms with Crippen LogP contribution in [-0.2, 0) is 0 Å². The molecule has 1 aliphatic rings. The summed E-state index contributed by atoms with van der Waals surface area (Å²) < 4.78 is 19.4. The zero-order valence-electron chi connectivity index (χ0n) is 14.4. The summed E-state index contributed by atoms with van der Waals surface area (Å²) in [5, 5.41) is 4.63. The number of rotatable bonds is 3. The van der Waals surface area contributed by atoms with E-state index in [-0.39, 0.29) is 17.4 Å². The van der Waals surface area contributed by atoms with E-state index >= 15 is 0 Å². The Hall–Kier alpha value is -2.73. The van der Waals surface area contributed by atoms with E-state index in [0.29, 0.717) is 29.8 Å². The molecule has 0 saturated carbocycles. The average molecular weight is 386 g/mol. The number of piperidine rings is 1. The summed E-state index contributed by atoms with van der Waals surface area (Å²) in [6, 6.07) is 13.3. The minimum atomic E-state index is -0.509. The first kappa shape index (κ1) is 17.7. The highest BCUT2D eigenvalue weighted by Gasteiger charge is 2.30. The van der Waals surface area contributed by atoms with Crippen molar-refractivity contribution in [2.45, 2.75) is 18.8 Å². The average Bonchev–Trinajstić information content (AvgIpc) is 3.18. The molecular formula is C20H17ClFN3O2. The van der Waals surface area contributed by atoms with E-state index in [1.54, 1.807) is 29.2 Å². The third-order valence-corrected chi connectivity index (χ3v) is 4.92. The van der Waals surface area contributed by atoms with Gasteiger partial charge < -0.3 is 9.42 Å². The molecule has 4 rings (SSSR count). The largest absolute Gasteiger partial charge is 0.339 e. The fourth-order valence-corrected chi connectivity index (χ4v) is 3.50. The quantitative estimate of drug-likeness (QED) is 0.663. The summed E-state index contributed by atoms with van der Waals surface area (Å²) in [6.45, 7) is 1.00. The molecule has 1 aliphatic heterocycles. The molecule has 0 bridgehead atoms. The Labute approximate surface area is 160 Å². The first-order chi connectivity index (χ1) is 13.1. The van der Waals surface area contributed by atoms with E-state index in [9.17, 15) is 9.18 Å². The van der Waals surface area contributed by atoms with Crippen molar-refractivity contribution in [2.24, 2.45) is 0 Å². The maximum atomic E-state index is 13.9. The summed E-state index contributed by atoms with van der Waals surface area (Å²) in [4.78, 5) is 18.8. The molecule has 3 aromatic rings. The van der Waals surface area contributed by atoms with Gasteiger partial charge in [0.25, 0.3) is 5.91 Å². The smallest absolute Gasteiger partial charge is 0.256 e. The highest BCUT2D eigenvalue weighted by atomic mass is 35.5. The number of hydrogen-bond acceptors (Lipinski definition) is 4. The molecule has 0 N–H and O–H groups in total. The third-order valence-electron chi connectivity index (χ3n) is 4.69. The van der Waals surface area contributed by atoms with Gasteiger partial charge in [0.15, 0.2) is 0 Å². The van der Waals surface area contributed by atoms with Crippen LogP contribution in [-0.4, -0.2) is 34.0 Å². The van der Waals surface area contributed by atoms with E-state index < -0.39 is 5.82 Å². The van der Waals surface area contributed by atoms with Crippen molar-refractivity contribution >= 4 is 17.5 Å². The van der Waals surface area contributed by atoms with Crippen LogP contribution in [0.3, 0.4) is 0 Å². The fraction of sp³-hybridized carbons (Fsp3) is 0.250. The van der Waals surface area contributed by atoms with Gasteiger partial charge in [-0.25, -0.2) is 4.39 Å². The molecule has 0 radical (unpaired) electrons. The molecule has 7 heteroatoms. The van der Waals surface area contributed by atoms with Gasteiger partial charge in [-0.05, 0) is 37.1 Å². The van der Waals surface area contributed by atoms with Gasteiger partial charge in [-0.1, -0.05) is 41.0 Å². The maximum Gasteiger partial charge on any atom is 0.256 e. The van der Waals surface area contributed by atoms with Crippen LogP contribution < -0.4 is 0 Å². The molecule has 1 atom stereocenters. The van der Waals surface area contributed by atoms with Crippen LogP contribution in [0.4, 0.5) is 4.39 Å². The van der Waals surface area contributed by atoms with Crippen molar-refractivity contribution in [1.29, 1.82) is 0 Å². The van der Waals surface area contributed by atoms with E-state index in [1.807, 2.05) is 12.1 Å². The Morgan fingerprint density at radius 3 is 2.89 bits per heavy atom. The normalized spacial score (nSPS) is 17.1. The zero-order chi connectivity index (χ0) is 18.8. The molecule has 1 aromatic heterocycles. The molecule has 138 valence electrons. The van der Waals surface area contributed by atoms with Crippen molar-refractivity contribution in [1.82, 2.24) is 15.0 Å². The van der Waals surface area contributed by atoms with Crippen LogP contribution >= 0.6 is 11.6 Å². The minimum Gasteiger partial charge on any atom is -0.339 e. The van der Waals surface area contributed by atoms with Crippen LogP contribution in [0.25, 0.3) is 11.4 Å². The lowest BCUT2D eigenvalue weighted by atomic mass is 9.97. The zero-order valence-corrected chi connectivity index (χ0v) is 15.2. The van der Waals surface area contributed by atoms with Crippen molar-refractivity contribution < 1.29 is 13.7 Å². The summed E-state index contributed by atoms with van der Waals surface area (Å²) in [7, 11) is 0. The number of halogens is 2. The lowest BCUT2D eigenvalue weighted by Crippen LogP contribution is -2.39. The molecule has 1 saturated heterocycles. The molecule has 2 heterocycles. The van der Waals surface area contributed by atoms with Crippen molar-refractivity contribution in [3.63, 3.8) is 0 Å². The molecule has 2 aromatic carbocycles. The second-order valence-corrected chi connectivity index (χ2v) is 6.97. The van der Waals surface area contributed by atoms with Gasteiger partial charge in [0, 0.05) is 23.7 Å². The number of hydrogen-bond donors (Lipinski definition) is 0. The standard InChI is InChI=1S/C20H17ClFN3O2/c21-15-7-3-5-13(11-15)18-23-19(27-24-18)14-6-4-10-25(12-14)20(26)16-8-1-2-9-17(16)22/h1-3,5,7-9,11,14H,4,6,10,12H2. The van der Waals surface area contributed by atoms with Gasteiger partial charge in [0.2, 0.25) is 11.7 Å². The minimum absolute atomic E-state index is 0.0742. The van der Waals surface area contributed by atoms with Crippen LogP contribution in [0.1, 0.15) is 35.0 Å². The number of benzene rings is 2. The third kappa shape index (κ3) is 3.71. The maximum absolute atomic E-state index is 13.9.